The van der Waals surface area contributed by atoms with Crippen LogP contribution in [0.1, 0.15) is 5.56 Å². The Labute approximate surface area is 280 Å². The maximum Gasteiger partial charge on any atom is 0.252 e. The zero-order valence-corrected chi connectivity index (χ0v) is 26.4. The largest absolute Gasteiger partial charge is 0.453 e. The highest BCUT2D eigenvalue weighted by Crippen LogP contribution is 2.51. The van der Waals surface area contributed by atoms with Gasteiger partial charge in [-0.25, -0.2) is 0 Å². The number of ether oxygens (including phenoxy) is 1. The van der Waals surface area contributed by atoms with Crippen LogP contribution in [0.5, 0.6) is 11.5 Å². The average molecular weight is 616 g/mol. The van der Waals surface area contributed by atoms with Gasteiger partial charge in [-0.2, -0.15) is 0 Å². The van der Waals surface area contributed by atoms with Crippen molar-refractivity contribution < 1.29 is 4.74 Å². The van der Waals surface area contributed by atoms with Crippen molar-refractivity contribution in [2.75, 3.05) is 14.7 Å². The van der Waals surface area contributed by atoms with Gasteiger partial charge in [-0.3, -0.25) is 0 Å². The van der Waals surface area contributed by atoms with E-state index in [-0.39, 0.29) is 6.71 Å². The maximum absolute atomic E-state index is 6.29. The summed E-state index contributed by atoms with van der Waals surface area (Å²) >= 11 is 0. The van der Waals surface area contributed by atoms with Crippen LogP contribution in [0.3, 0.4) is 0 Å². The quantitative estimate of drug-likeness (QED) is 0.184. The molecule has 0 radical (unpaired) electrons. The number of hydrogen-bond donors (Lipinski definition) is 0. The van der Waals surface area contributed by atoms with Crippen LogP contribution in [-0.2, 0) is 0 Å². The first kappa shape index (κ1) is 27.0. The Bertz CT molecular complexity index is 2330. The first-order chi connectivity index (χ1) is 23.7. The second-order valence-corrected chi connectivity index (χ2v) is 12.7. The zero-order chi connectivity index (χ0) is 31.8. The van der Waals surface area contributed by atoms with E-state index in [1.54, 1.807) is 0 Å². The van der Waals surface area contributed by atoms with Crippen molar-refractivity contribution in [1.29, 1.82) is 0 Å². The van der Waals surface area contributed by atoms with Crippen molar-refractivity contribution in [3.63, 3.8) is 0 Å². The summed E-state index contributed by atoms with van der Waals surface area (Å²) < 4.78 is 6.29. The molecule has 0 aromatic heterocycles. The molecule has 0 amide bonds. The maximum atomic E-state index is 6.29. The van der Waals surface area contributed by atoms with Crippen LogP contribution >= 0.6 is 0 Å². The van der Waals surface area contributed by atoms with Crippen molar-refractivity contribution in [2.45, 2.75) is 6.92 Å². The highest BCUT2D eigenvalue weighted by atomic mass is 16.5. The number of benzene rings is 7. The second kappa shape index (κ2) is 10.4. The van der Waals surface area contributed by atoms with Gasteiger partial charge in [0.1, 0.15) is 0 Å². The first-order valence-electron chi connectivity index (χ1n) is 16.5. The minimum Gasteiger partial charge on any atom is -0.453 e. The number of aryl methyl sites for hydroxylation is 1. The fraction of sp³-hybridized carbons (Fsp3) is 0.0233. The molecule has 0 unspecified atom stereocenters. The molecule has 0 spiro atoms. The van der Waals surface area contributed by atoms with Crippen molar-refractivity contribution in [3.05, 3.63) is 169 Å². The molecule has 0 aliphatic carbocycles. The van der Waals surface area contributed by atoms with Crippen LogP contribution in [0.2, 0.25) is 0 Å². The summed E-state index contributed by atoms with van der Waals surface area (Å²) in [6.07, 6.45) is 0. The number of para-hydroxylation sites is 7. The molecule has 10 rings (SSSR count). The number of fused-ring (bicyclic) bond motifs is 6. The van der Waals surface area contributed by atoms with Gasteiger partial charge in [-0.1, -0.05) is 78.9 Å². The van der Waals surface area contributed by atoms with Gasteiger partial charge in [0.15, 0.2) is 11.5 Å². The topological polar surface area (TPSA) is 19.0 Å². The summed E-state index contributed by atoms with van der Waals surface area (Å²) in [7, 11) is 0. The first-order valence-corrected chi connectivity index (χ1v) is 16.5. The molecule has 226 valence electrons. The summed E-state index contributed by atoms with van der Waals surface area (Å²) in [5, 5.41) is 0. The van der Waals surface area contributed by atoms with Crippen molar-refractivity contribution in [2.24, 2.45) is 0 Å². The molecule has 3 heterocycles. The average Bonchev–Trinajstić information content (AvgIpc) is 3.14. The molecule has 4 nitrogen and oxygen atoms in total. The Morgan fingerprint density at radius 3 is 1.31 bits per heavy atom. The molecule has 0 saturated carbocycles. The van der Waals surface area contributed by atoms with Gasteiger partial charge < -0.3 is 19.4 Å². The molecule has 3 aliphatic rings. The summed E-state index contributed by atoms with van der Waals surface area (Å²) in [6.45, 7) is 2.34. The highest BCUT2D eigenvalue weighted by molar-refractivity contribution is 7.00. The molecule has 7 aromatic carbocycles. The summed E-state index contributed by atoms with van der Waals surface area (Å²) in [6, 6.07) is 58.8. The molecule has 3 aliphatic heterocycles. The van der Waals surface area contributed by atoms with E-state index >= 15 is 0 Å². The molecule has 48 heavy (non-hydrogen) atoms. The monoisotopic (exact) mass is 615 g/mol. The standard InChI is InChI=1S/C43H30BN3O/c1-29-27-39-43-40(28-29)46(31-23-25-32(26-24-31)47-37-19-9-11-21-41(37)48-42-22-12-10-20-38(42)47)36-18-8-6-16-34(36)44(43)33-15-5-7-17-35(33)45(39)30-13-3-2-4-14-30/h2-28H,1H3. The Hall–Kier alpha value is -6.20. The molecule has 7 aromatic rings. The fourth-order valence-electron chi connectivity index (χ4n) is 7.90. The van der Waals surface area contributed by atoms with Gasteiger partial charge in [-0.15, -0.1) is 0 Å². The predicted octanol–water partition coefficient (Wildman–Crippen LogP) is 9.65. The van der Waals surface area contributed by atoms with Crippen LogP contribution in [0.4, 0.5) is 51.2 Å². The number of rotatable bonds is 3. The molecule has 0 bridgehead atoms. The third-order valence-electron chi connectivity index (χ3n) is 9.84. The lowest BCUT2D eigenvalue weighted by Gasteiger charge is -2.44. The summed E-state index contributed by atoms with van der Waals surface area (Å²) in [5.41, 5.74) is 15.5. The molecule has 0 fully saturated rings. The minimum atomic E-state index is 0.125. The molecular formula is C43H30BN3O. The normalized spacial score (nSPS) is 13.5. The van der Waals surface area contributed by atoms with Crippen LogP contribution in [0, 0.1) is 6.92 Å². The third-order valence-corrected chi connectivity index (χ3v) is 9.84. The fourth-order valence-corrected chi connectivity index (χ4v) is 7.90. The SMILES string of the molecule is Cc1cc2c3c(c1)N(c1ccc(N4c5ccccc5Oc5ccccc54)cc1)c1ccccc1B3c1ccccc1N2c1ccccc1. The van der Waals surface area contributed by atoms with E-state index in [1.807, 2.05) is 24.3 Å². The van der Waals surface area contributed by atoms with Crippen LogP contribution in [0.15, 0.2) is 164 Å². The van der Waals surface area contributed by atoms with Crippen LogP contribution in [0.25, 0.3) is 0 Å². The van der Waals surface area contributed by atoms with Gasteiger partial charge in [-0.05, 0) is 114 Å². The molecule has 5 heteroatoms. The van der Waals surface area contributed by atoms with Gasteiger partial charge in [0, 0.05) is 39.8 Å². The van der Waals surface area contributed by atoms with Crippen molar-refractivity contribution >= 4 is 74.3 Å². The summed E-state index contributed by atoms with van der Waals surface area (Å²) in [5.74, 6) is 1.71. The van der Waals surface area contributed by atoms with Gasteiger partial charge >= 0.3 is 0 Å². The molecule has 0 saturated heterocycles. The Morgan fingerprint density at radius 2 is 0.792 bits per heavy atom. The van der Waals surface area contributed by atoms with E-state index in [4.69, 9.17) is 4.74 Å². The lowest BCUT2D eigenvalue weighted by Crippen LogP contribution is -2.61. The molecular weight excluding hydrogens is 585 g/mol. The lowest BCUT2D eigenvalue weighted by molar-refractivity contribution is 0.477. The lowest BCUT2D eigenvalue weighted by atomic mass is 9.33. The van der Waals surface area contributed by atoms with E-state index in [2.05, 4.69) is 161 Å². The highest BCUT2D eigenvalue weighted by Gasteiger charge is 2.43. The Morgan fingerprint density at radius 1 is 0.396 bits per heavy atom. The van der Waals surface area contributed by atoms with E-state index in [1.165, 1.54) is 44.7 Å². The second-order valence-electron chi connectivity index (χ2n) is 12.7. The van der Waals surface area contributed by atoms with Gasteiger partial charge in [0.25, 0.3) is 6.71 Å². The predicted molar refractivity (Wildman–Crippen MR) is 200 cm³/mol. The summed E-state index contributed by atoms with van der Waals surface area (Å²) in [4.78, 5) is 7.20. The van der Waals surface area contributed by atoms with E-state index in [0.717, 1.165) is 39.9 Å². The van der Waals surface area contributed by atoms with E-state index in [9.17, 15) is 0 Å². The van der Waals surface area contributed by atoms with Gasteiger partial charge in [0.05, 0.1) is 11.4 Å². The molecule has 0 atom stereocenters. The van der Waals surface area contributed by atoms with Gasteiger partial charge in [0.2, 0.25) is 0 Å². The third kappa shape index (κ3) is 3.91. The van der Waals surface area contributed by atoms with Crippen molar-refractivity contribution in [1.82, 2.24) is 0 Å². The number of nitrogens with zero attached hydrogens (tertiary/aromatic N) is 3. The van der Waals surface area contributed by atoms with E-state index < -0.39 is 0 Å². The molecule has 0 N–H and O–H groups in total. The van der Waals surface area contributed by atoms with Crippen LogP contribution in [-0.4, -0.2) is 6.71 Å². The smallest absolute Gasteiger partial charge is 0.252 e. The number of anilines is 9. The van der Waals surface area contributed by atoms with E-state index in [0.29, 0.717) is 0 Å². The number of hydrogen-bond acceptors (Lipinski definition) is 4. The Balaban J connectivity index is 1.16. The zero-order valence-electron chi connectivity index (χ0n) is 26.4. The minimum absolute atomic E-state index is 0.125. The van der Waals surface area contributed by atoms with Crippen LogP contribution < -0.4 is 35.8 Å². The Kier molecular flexibility index (Phi) is 5.85. The van der Waals surface area contributed by atoms with Crippen molar-refractivity contribution in [3.8, 4) is 11.5 Å².